The molecule has 0 bridgehead atoms. The van der Waals surface area contributed by atoms with Crippen LogP contribution in [0.3, 0.4) is 0 Å². The molecule has 1 aromatic rings. The maximum Gasteiger partial charge on any atom is 0.137 e. The lowest BCUT2D eigenvalue weighted by molar-refractivity contribution is 0.414. The first-order chi connectivity index (χ1) is 6.19. The quantitative estimate of drug-likeness (QED) is 0.576. The zero-order valence-electron chi connectivity index (χ0n) is 7.73. The zero-order chi connectivity index (χ0) is 9.84. The van der Waals surface area contributed by atoms with Crippen molar-refractivity contribution < 1.29 is 4.74 Å². The van der Waals surface area contributed by atoms with Gasteiger partial charge in [0.15, 0.2) is 0 Å². The normalized spacial score (nSPS) is 10.2. The van der Waals surface area contributed by atoms with E-state index in [4.69, 9.17) is 22.2 Å². The molecule has 0 heterocycles. The molecule has 4 heteroatoms. The van der Waals surface area contributed by atoms with E-state index in [1.165, 1.54) is 0 Å². The van der Waals surface area contributed by atoms with Gasteiger partial charge in [0.25, 0.3) is 0 Å². The number of ether oxygens (including phenoxy) is 1. The Bertz CT molecular complexity index is 302. The molecule has 0 radical (unpaired) electrons. The fourth-order valence-corrected chi connectivity index (χ4v) is 1.42. The summed E-state index contributed by atoms with van der Waals surface area (Å²) >= 11 is 5.94. The van der Waals surface area contributed by atoms with Crippen molar-refractivity contribution in [3.63, 3.8) is 0 Å². The highest BCUT2D eigenvalue weighted by Gasteiger charge is 2.04. The third-order valence-electron chi connectivity index (χ3n) is 1.90. The molecule has 1 aromatic carbocycles. The van der Waals surface area contributed by atoms with Gasteiger partial charge in [-0.3, -0.25) is 11.3 Å². The summed E-state index contributed by atoms with van der Waals surface area (Å²) < 4.78 is 5.08. The summed E-state index contributed by atoms with van der Waals surface area (Å²) in [7, 11) is 1.60. The van der Waals surface area contributed by atoms with Crippen molar-refractivity contribution in [2.45, 2.75) is 13.5 Å². The van der Waals surface area contributed by atoms with Crippen molar-refractivity contribution in [2.24, 2.45) is 5.84 Å². The van der Waals surface area contributed by atoms with Crippen LogP contribution >= 0.6 is 11.6 Å². The summed E-state index contributed by atoms with van der Waals surface area (Å²) in [4.78, 5) is 0. The first-order valence-corrected chi connectivity index (χ1v) is 4.33. The highest BCUT2D eigenvalue weighted by molar-refractivity contribution is 6.32. The number of methoxy groups -OCH3 is 1. The molecule has 0 aliphatic rings. The molecule has 0 unspecified atom stereocenters. The molecule has 0 atom stereocenters. The van der Waals surface area contributed by atoms with Gasteiger partial charge in [0.05, 0.1) is 12.1 Å². The van der Waals surface area contributed by atoms with Gasteiger partial charge in [0, 0.05) is 6.54 Å². The van der Waals surface area contributed by atoms with Gasteiger partial charge >= 0.3 is 0 Å². The minimum atomic E-state index is 0.607. The topological polar surface area (TPSA) is 47.3 Å². The number of aryl methyl sites for hydroxylation is 1. The van der Waals surface area contributed by atoms with E-state index >= 15 is 0 Å². The molecule has 1 rings (SSSR count). The molecule has 0 spiro atoms. The summed E-state index contributed by atoms with van der Waals surface area (Å²) in [6.07, 6.45) is 0. The average Bonchev–Trinajstić information content (AvgIpc) is 2.11. The van der Waals surface area contributed by atoms with Gasteiger partial charge in [0.2, 0.25) is 0 Å². The predicted molar refractivity (Wildman–Crippen MR) is 53.8 cm³/mol. The Morgan fingerprint density at radius 1 is 1.54 bits per heavy atom. The molecule has 0 fully saturated rings. The van der Waals surface area contributed by atoms with E-state index in [0.717, 1.165) is 11.1 Å². The molecule has 0 aliphatic carbocycles. The number of benzene rings is 1. The van der Waals surface area contributed by atoms with Crippen LogP contribution in [-0.4, -0.2) is 7.11 Å². The molecule has 3 N–H and O–H groups in total. The van der Waals surface area contributed by atoms with Crippen molar-refractivity contribution in [3.8, 4) is 5.75 Å². The van der Waals surface area contributed by atoms with Crippen LogP contribution in [0.5, 0.6) is 5.75 Å². The van der Waals surface area contributed by atoms with E-state index < -0.39 is 0 Å². The Morgan fingerprint density at radius 2 is 2.23 bits per heavy atom. The molecule has 0 amide bonds. The molecule has 0 aliphatic heterocycles. The number of nitrogens with two attached hydrogens (primary N) is 1. The van der Waals surface area contributed by atoms with Crippen LogP contribution in [0.25, 0.3) is 0 Å². The molecule has 0 saturated heterocycles. The summed E-state index contributed by atoms with van der Waals surface area (Å²) in [6, 6.07) is 3.75. The third-order valence-corrected chi connectivity index (χ3v) is 2.20. The molecule has 0 saturated carbocycles. The minimum absolute atomic E-state index is 0.607. The molecule has 13 heavy (non-hydrogen) atoms. The number of hydrogen-bond acceptors (Lipinski definition) is 3. The van der Waals surface area contributed by atoms with Crippen molar-refractivity contribution in [2.75, 3.05) is 7.11 Å². The third kappa shape index (κ3) is 2.34. The van der Waals surface area contributed by atoms with Crippen molar-refractivity contribution in [1.82, 2.24) is 5.43 Å². The van der Waals surface area contributed by atoms with Crippen LogP contribution in [0.2, 0.25) is 5.02 Å². The fourth-order valence-electron chi connectivity index (χ4n) is 1.15. The van der Waals surface area contributed by atoms with Gasteiger partial charge in [-0.1, -0.05) is 11.6 Å². The van der Waals surface area contributed by atoms with Crippen LogP contribution in [0.1, 0.15) is 11.1 Å². The van der Waals surface area contributed by atoms with Crippen molar-refractivity contribution in [1.29, 1.82) is 0 Å². The molecule has 3 nitrogen and oxygen atoms in total. The Kier molecular flexibility index (Phi) is 3.54. The first-order valence-electron chi connectivity index (χ1n) is 3.95. The largest absolute Gasteiger partial charge is 0.495 e. The van der Waals surface area contributed by atoms with Gasteiger partial charge in [-0.25, -0.2) is 0 Å². The van der Waals surface area contributed by atoms with Gasteiger partial charge in [-0.15, -0.1) is 0 Å². The second-order valence-electron chi connectivity index (χ2n) is 2.79. The number of rotatable bonds is 3. The fraction of sp³-hybridized carbons (Fsp3) is 0.333. The van der Waals surface area contributed by atoms with Gasteiger partial charge in [0.1, 0.15) is 5.75 Å². The number of halogens is 1. The lowest BCUT2D eigenvalue weighted by Gasteiger charge is -2.09. The maximum absolute atomic E-state index is 5.94. The summed E-state index contributed by atoms with van der Waals surface area (Å²) in [5, 5.41) is 0.610. The zero-order valence-corrected chi connectivity index (χ0v) is 8.48. The second-order valence-corrected chi connectivity index (χ2v) is 3.20. The molecular weight excluding hydrogens is 188 g/mol. The van der Waals surface area contributed by atoms with Gasteiger partial charge in [-0.2, -0.15) is 0 Å². The lowest BCUT2D eigenvalue weighted by Crippen LogP contribution is -2.21. The van der Waals surface area contributed by atoms with Crippen molar-refractivity contribution in [3.05, 3.63) is 28.3 Å². The highest BCUT2D eigenvalue weighted by Crippen LogP contribution is 2.27. The molecule has 0 aromatic heterocycles. The Hall–Kier alpha value is -0.770. The standard InChI is InChI=1S/C9H13ClN2O/c1-6-3-9(13-2)8(10)4-7(6)5-12-11/h3-4,12H,5,11H2,1-2H3. The summed E-state index contributed by atoms with van der Waals surface area (Å²) in [5.74, 6) is 5.92. The van der Waals surface area contributed by atoms with Crippen LogP contribution < -0.4 is 16.0 Å². The van der Waals surface area contributed by atoms with Crippen LogP contribution in [-0.2, 0) is 6.54 Å². The number of hydrazine groups is 1. The average molecular weight is 201 g/mol. The number of nitrogens with one attached hydrogen (secondary N) is 1. The van der Waals surface area contributed by atoms with Gasteiger partial charge in [-0.05, 0) is 30.2 Å². The molecule has 72 valence electrons. The minimum Gasteiger partial charge on any atom is -0.495 e. The monoisotopic (exact) mass is 200 g/mol. The highest BCUT2D eigenvalue weighted by atomic mass is 35.5. The Labute approximate surface area is 82.8 Å². The lowest BCUT2D eigenvalue weighted by atomic mass is 10.1. The smallest absolute Gasteiger partial charge is 0.137 e. The van der Waals surface area contributed by atoms with Crippen molar-refractivity contribution >= 4 is 11.6 Å². The maximum atomic E-state index is 5.94. The Morgan fingerprint density at radius 3 is 2.77 bits per heavy atom. The van der Waals surface area contributed by atoms with E-state index in [0.29, 0.717) is 17.3 Å². The van der Waals surface area contributed by atoms with E-state index in [1.807, 2.05) is 19.1 Å². The second kappa shape index (κ2) is 4.46. The van der Waals surface area contributed by atoms with Crippen LogP contribution in [0.15, 0.2) is 12.1 Å². The van der Waals surface area contributed by atoms with E-state index in [2.05, 4.69) is 5.43 Å². The number of hydrogen-bond donors (Lipinski definition) is 2. The van der Waals surface area contributed by atoms with E-state index in [9.17, 15) is 0 Å². The van der Waals surface area contributed by atoms with Crippen LogP contribution in [0, 0.1) is 6.92 Å². The predicted octanol–water partition coefficient (Wildman–Crippen LogP) is 1.62. The molecular formula is C9H13ClN2O. The summed E-state index contributed by atoms with van der Waals surface area (Å²) in [6.45, 7) is 2.60. The van der Waals surface area contributed by atoms with E-state index in [-0.39, 0.29) is 0 Å². The van der Waals surface area contributed by atoms with Gasteiger partial charge < -0.3 is 4.74 Å². The Balaban J connectivity index is 3.05. The SMILES string of the molecule is COc1cc(C)c(CNN)cc1Cl. The van der Waals surface area contributed by atoms with E-state index in [1.54, 1.807) is 7.11 Å². The summed E-state index contributed by atoms with van der Waals surface area (Å²) in [5.41, 5.74) is 4.78. The first kappa shape index (κ1) is 10.3. The van der Waals surface area contributed by atoms with Crippen LogP contribution in [0.4, 0.5) is 0 Å².